The van der Waals surface area contributed by atoms with Crippen LogP contribution in [-0.4, -0.2) is 26.6 Å². The number of hydrogen-bond acceptors (Lipinski definition) is 3. The fourth-order valence-corrected chi connectivity index (χ4v) is 3.03. The van der Waals surface area contributed by atoms with Crippen molar-refractivity contribution in [2.45, 2.75) is 6.54 Å². The molecule has 0 aliphatic heterocycles. The average Bonchev–Trinajstić information content (AvgIpc) is 3.35. The topological polar surface area (TPSA) is 55.7 Å². The number of H-pyrrole nitrogens is 1. The molecule has 0 unspecified atom stereocenters. The van der Waals surface area contributed by atoms with E-state index in [1.807, 2.05) is 30.3 Å². The van der Waals surface area contributed by atoms with E-state index in [9.17, 15) is 8.78 Å². The zero-order valence-corrected chi connectivity index (χ0v) is 14.5. The van der Waals surface area contributed by atoms with Crippen molar-refractivity contribution in [3.8, 4) is 28.4 Å². The molecule has 4 aromatic rings. The third-order valence-corrected chi connectivity index (χ3v) is 4.34. The molecule has 5 nitrogen and oxygen atoms in total. The van der Waals surface area contributed by atoms with Crippen LogP contribution in [0.1, 0.15) is 5.56 Å². The molecule has 2 aromatic carbocycles. The van der Waals surface area contributed by atoms with E-state index in [1.165, 1.54) is 19.2 Å². The molecule has 2 heterocycles. The van der Waals surface area contributed by atoms with Crippen molar-refractivity contribution in [1.29, 1.82) is 0 Å². The normalized spacial score (nSPS) is 10.9. The second-order valence-electron chi connectivity index (χ2n) is 5.94. The molecule has 0 saturated heterocycles. The van der Waals surface area contributed by atoms with Crippen molar-refractivity contribution in [1.82, 2.24) is 19.5 Å². The van der Waals surface area contributed by atoms with E-state index in [-0.39, 0.29) is 17.9 Å². The fraction of sp³-hybridized carbons (Fsp3) is 0.100. The van der Waals surface area contributed by atoms with Gasteiger partial charge in [0.25, 0.3) is 0 Å². The number of methoxy groups -OCH3 is 1. The van der Waals surface area contributed by atoms with Gasteiger partial charge in [-0.15, -0.1) is 0 Å². The van der Waals surface area contributed by atoms with Crippen LogP contribution in [0.25, 0.3) is 22.6 Å². The SMILES string of the molecule is COc1ccc(F)c(Cn2cnc(-c3ccccc3)c2-c2cnc[nH]2)c1F. The lowest BCUT2D eigenvalue weighted by Gasteiger charge is -2.12. The van der Waals surface area contributed by atoms with Crippen LogP contribution < -0.4 is 4.74 Å². The minimum Gasteiger partial charge on any atom is -0.494 e. The minimum absolute atomic E-state index is 0.00196. The van der Waals surface area contributed by atoms with Gasteiger partial charge in [-0.3, -0.25) is 0 Å². The molecule has 0 aliphatic rings. The summed E-state index contributed by atoms with van der Waals surface area (Å²) in [5.41, 5.74) is 2.90. The van der Waals surface area contributed by atoms with Crippen molar-refractivity contribution >= 4 is 0 Å². The van der Waals surface area contributed by atoms with Gasteiger partial charge in [0.1, 0.15) is 5.82 Å². The van der Waals surface area contributed by atoms with Crippen LogP contribution >= 0.6 is 0 Å². The number of ether oxygens (including phenoxy) is 1. The molecule has 0 radical (unpaired) electrons. The summed E-state index contributed by atoms with van der Waals surface area (Å²) < 4.78 is 35.6. The van der Waals surface area contributed by atoms with E-state index in [1.54, 1.807) is 23.4 Å². The van der Waals surface area contributed by atoms with Gasteiger partial charge in [0, 0.05) is 11.1 Å². The molecule has 1 N–H and O–H groups in total. The van der Waals surface area contributed by atoms with Crippen molar-refractivity contribution in [3.05, 3.63) is 78.5 Å². The van der Waals surface area contributed by atoms with Crippen LogP contribution in [0.5, 0.6) is 5.75 Å². The smallest absolute Gasteiger partial charge is 0.172 e. The first kappa shape index (κ1) is 17.0. The second kappa shape index (κ2) is 7.03. The summed E-state index contributed by atoms with van der Waals surface area (Å²) >= 11 is 0. The first-order chi connectivity index (χ1) is 13.2. The predicted molar refractivity (Wildman–Crippen MR) is 97.3 cm³/mol. The second-order valence-corrected chi connectivity index (χ2v) is 5.94. The van der Waals surface area contributed by atoms with Crippen LogP contribution in [0.3, 0.4) is 0 Å². The van der Waals surface area contributed by atoms with Gasteiger partial charge in [-0.05, 0) is 12.1 Å². The third kappa shape index (κ3) is 3.08. The molecule has 0 fully saturated rings. The molecule has 7 heteroatoms. The number of nitrogens with one attached hydrogen (secondary N) is 1. The highest BCUT2D eigenvalue weighted by molar-refractivity contribution is 5.76. The van der Waals surface area contributed by atoms with Gasteiger partial charge in [-0.1, -0.05) is 30.3 Å². The third-order valence-electron chi connectivity index (χ3n) is 4.34. The summed E-state index contributed by atoms with van der Waals surface area (Å²) in [6, 6.07) is 12.1. The molecule has 2 aromatic heterocycles. The Morgan fingerprint density at radius 2 is 1.93 bits per heavy atom. The number of aromatic amines is 1. The number of rotatable bonds is 5. The Labute approximate surface area is 154 Å². The Bertz CT molecular complexity index is 1060. The molecular formula is C20H16F2N4O. The van der Waals surface area contributed by atoms with Crippen LogP contribution in [-0.2, 0) is 6.54 Å². The Kier molecular flexibility index (Phi) is 4.42. The Hall–Kier alpha value is -3.48. The molecule has 136 valence electrons. The Morgan fingerprint density at radius 3 is 2.63 bits per heavy atom. The molecule has 0 atom stereocenters. The predicted octanol–water partition coefficient (Wildman–Crippen LogP) is 4.28. The van der Waals surface area contributed by atoms with Gasteiger partial charge in [0.2, 0.25) is 0 Å². The number of benzene rings is 2. The van der Waals surface area contributed by atoms with Gasteiger partial charge in [0.05, 0.1) is 49.6 Å². The quantitative estimate of drug-likeness (QED) is 0.574. The van der Waals surface area contributed by atoms with Crippen LogP contribution in [0.4, 0.5) is 8.78 Å². The maximum atomic E-state index is 14.6. The van der Waals surface area contributed by atoms with Gasteiger partial charge >= 0.3 is 0 Å². The standard InChI is InChI=1S/C20H16F2N4O/c1-27-17-8-7-15(21)14(18(17)22)10-26-12-25-19(13-5-3-2-4-6-13)20(26)16-9-23-11-24-16/h2-9,11-12H,10H2,1H3,(H,23,24). The van der Waals surface area contributed by atoms with E-state index in [0.717, 1.165) is 5.56 Å². The van der Waals surface area contributed by atoms with Crippen molar-refractivity contribution in [3.63, 3.8) is 0 Å². The summed E-state index contributed by atoms with van der Waals surface area (Å²) in [5.74, 6) is -1.36. The first-order valence-electron chi connectivity index (χ1n) is 8.29. The molecule has 0 amide bonds. The number of nitrogens with zero attached hydrogens (tertiary/aromatic N) is 3. The minimum atomic E-state index is -0.719. The van der Waals surface area contributed by atoms with Crippen LogP contribution in [0, 0.1) is 11.6 Å². The number of imidazole rings is 2. The van der Waals surface area contributed by atoms with Crippen LogP contribution in [0.15, 0.2) is 61.3 Å². The lowest BCUT2D eigenvalue weighted by molar-refractivity contribution is 0.380. The highest BCUT2D eigenvalue weighted by Gasteiger charge is 2.20. The monoisotopic (exact) mass is 366 g/mol. The molecule has 27 heavy (non-hydrogen) atoms. The highest BCUT2D eigenvalue weighted by atomic mass is 19.1. The zero-order chi connectivity index (χ0) is 18.8. The lowest BCUT2D eigenvalue weighted by Crippen LogP contribution is -2.07. The average molecular weight is 366 g/mol. The molecule has 0 bridgehead atoms. The Balaban J connectivity index is 1.85. The number of aromatic nitrogens is 4. The summed E-state index contributed by atoms with van der Waals surface area (Å²) in [6.45, 7) is -0.0386. The first-order valence-corrected chi connectivity index (χ1v) is 8.29. The van der Waals surface area contributed by atoms with E-state index in [2.05, 4.69) is 15.0 Å². The summed E-state index contributed by atoms with van der Waals surface area (Å²) in [7, 11) is 1.35. The summed E-state index contributed by atoms with van der Waals surface area (Å²) in [4.78, 5) is 11.6. The van der Waals surface area contributed by atoms with Crippen molar-refractivity contribution < 1.29 is 13.5 Å². The van der Waals surface area contributed by atoms with E-state index >= 15 is 0 Å². The fourth-order valence-electron chi connectivity index (χ4n) is 3.03. The zero-order valence-electron chi connectivity index (χ0n) is 14.5. The van der Waals surface area contributed by atoms with Gasteiger partial charge < -0.3 is 14.3 Å². The molecular weight excluding hydrogens is 350 g/mol. The number of hydrogen-bond donors (Lipinski definition) is 1. The maximum absolute atomic E-state index is 14.6. The van der Waals surface area contributed by atoms with E-state index in [0.29, 0.717) is 17.1 Å². The van der Waals surface area contributed by atoms with Crippen molar-refractivity contribution in [2.24, 2.45) is 0 Å². The summed E-state index contributed by atoms with van der Waals surface area (Å²) in [5, 5.41) is 0. The Morgan fingerprint density at radius 1 is 1.11 bits per heavy atom. The summed E-state index contributed by atoms with van der Waals surface area (Å²) in [6.07, 6.45) is 4.77. The highest BCUT2D eigenvalue weighted by Crippen LogP contribution is 2.31. The molecule has 0 spiro atoms. The molecule has 4 rings (SSSR count). The number of halogens is 2. The molecule has 0 saturated carbocycles. The van der Waals surface area contributed by atoms with Gasteiger partial charge in [-0.2, -0.15) is 0 Å². The van der Waals surface area contributed by atoms with E-state index in [4.69, 9.17) is 4.74 Å². The maximum Gasteiger partial charge on any atom is 0.172 e. The van der Waals surface area contributed by atoms with Crippen LogP contribution in [0.2, 0.25) is 0 Å². The van der Waals surface area contributed by atoms with Gasteiger partial charge in [0.15, 0.2) is 11.6 Å². The van der Waals surface area contributed by atoms with Crippen molar-refractivity contribution in [2.75, 3.05) is 7.11 Å². The largest absolute Gasteiger partial charge is 0.494 e. The van der Waals surface area contributed by atoms with Gasteiger partial charge in [-0.25, -0.2) is 18.7 Å². The lowest BCUT2D eigenvalue weighted by atomic mass is 10.1. The van der Waals surface area contributed by atoms with E-state index < -0.39 is 11.6 Å². The molecule has 0 aliphatic carbocycles.